The van der Waals surface area contributed by atoms with E-state index in [0.717, 1.165) is 17.5 Å². The van der Waals surface area contributed by atoms with Crippen molar-refractivity contribution in [2.75, 3.05) is 11.9 Å². The number of carbonyl (C=O) groups is 1. The molecule has 0 aliphatic carbocycles. The Hall–Kier alpha value is -2.92. The van der Waals surface area contributed by atoms with E-state index in [1.165, 1.54) is 17.7 Å². The predicted molar refractivity (Wildman–Crippen MR) is 103 cm³/mol. The summed E-state index contributed by atoms with van der Waals surface area (Å²) in [6.45, 7) is 0.567. The van der Waals surface area contributed by atoms with E-state index in [1.54, 1.807) is 29.3 Å². The maximum absolute atomic E-state index is 13.1. The summed E-state index contributed by atoms with van der Waals surface area (Å²) in [5.41, 5.74) is 3.72. The topological polar surface area (TPSA) is 45.2 Å². The number of nitrogens with zero attached hydrogens (tertiary/aromatic N) is 2. The molecule has 2 aromatic carbocycles. The van der Waals surface area contributed by atoms with Crippen LogP contribution in [-0.2, 0) is 6.42 Å². The van der Waals surface area contributed by atoms with E-state index in [4.69, 9.17) is 11.6 Å². The maximum Gasteiger partial charge on any atom is 0.322 e. The van der Waals surface area contributed by atoms with Crippen LogP contribution in [0.25, 0.3) is 0 Å². The fourth-order valence-electron chi connectivity index (χ4n) is 3.42. The Balaban J connectivity index is 1.68. The summed E-state index contributed by atoms with van der Waals surface area (Å²) in [6.07, 6.45) is 2.47. The molecule has 6 heteroatoms. The molecule has 2 amide bonds. The fraction of sp³-hybridized carbons (Fsp3) is 0.143. The van der Waals surface area contributed by atoms with Gasteiger partial charge in [-0.2, -0.15) is 0 Å². The molecule has 0 fully saturated rings. The smallest absolute Gasteiger partial charge is 0.313 e. The lowest BCUT2D eigenvalue weighted by Gasteiger charge is -2.37. The van der Waals surface area contributed by atoms with E-state index in [1.807, 2.05) is 24.3 Å². The second-order valence-electron chi connectivity index (χ2n) is 6.40. The van der Waals surface area contributed by atoms with Crippen LogP contribution in [0.1, 0.15) is 22.7 Å². The van der Waals surface area contributed by atoms with Crippen molar-refractivity contribution in [3.05, 3.63) is 94.5 Å². The average Bonchev–Trinajstić information content (AvgIpc) is 2.69. The minimum Gasteiger partial charge on any atom is -0.313 e. The SMILES string of the molecule is O=C(Nc1ccc(F)cc1)N1CCc2ccccc2C1c1ccc(Cl)nc1. The van der Waals surface area contributed by atoms with Crippen molar-refractivity contribution >= 4 is 23.3 Å². The van der Waals surface area contributed by atoms with Crippen LogP contribution in [0.3, 0.4) is 0 Å². The zero-order valence-electron chi connectivity index (χ0n) is 14.4. The largest absolute Gasteiger partial charge is 0.322 e. The normalized spacial score (nSPS) is 15.9. The number of hydrogen-bond donors (Lipinski definition) is 1. The number of benzene rings is 2. The molecule has 0 saturated carbocycles. The van der Waals surface area contributed by atoms with Gasteiger partial charge in [-0.05, 0) is 53.4 Å². The van der Waals surface area contributed by atoms with Crippen molar-refractivity contribution in [3.63, 3.8) is 0 Å². The number of pyridine rings is 1. The molecule has 136 valence electrons. The highest BCUT2D eigenvalue weighted by atomic mass is 35.5. The van der Waals surface area contributed by atoms with Gasteiger partial charge in [0.1, 0.15) is 11.0 Å². The van der Waals surface area contributed by atoms with E-state index in [-0.39, 0.29) is 17.9 Å². The molecule has 1 aromatic heterocycles. The van der Waals surface area contributed by atoms with Crippen LogP contribution in [0.2, 0.25) is 5.15 Å². The molecule has 3 aromatic rings. The van der Waals surface area contributed by atoms with Gasteiger partial charge in [-0.1, -0.05) is 41.9 Å². The standard InChI is InChI=1S/C21H17ClFN3O/c22-19-10-5-15(13-24-19)20-18-4-2-1-3-14(18)11-12-26(20)21(27)25-17-8-6-16(23)7-9-17/h1-10,13,20H,11-12H2,(H,25,27). The number of hydrogen-bond acceptors (Lipinski definition) is 2. The lowest BCUT2D eigenvalue weighted by Crippen LogP contribution is -2.43. The van der Waals surface area contributed by atoms with Gasteiger partial charge in [0, 0.05) is 18.4 Å². The third-order valence-electron chi connectivity index (χ3n) is 4.71. The van der Waals surface area contributed by atoms with Gasteiger partial charge in [0.25, 0.3) is 0 Å². The summed E-state index contributed by atoms with van der Waals surface area (Å²) in [5, 5.41) is 3.26. The second kappa shape index (κ2) is 7.37. The molecule has 0 spiro atoms. The highest BCUT2D eigenvalue weighted by Gasteiger charge is 2.32. The summed E-state index contributed by atoms with van der Waals surface area (Å²) in [4.78, 5) is 18.9. The Kier molecular flexibility index (Phi) is 4.77. The molecule has 1 aliphatic rings. The first-order valence-corrected chi connectivity index (χ1v) is 9.02. The van der Waals surface area contributed by atoms with Crippen LogP contribution in [-0.4, -0.2) is 22.5 Å². The number of anilines is 1. The minimum absolute atomic E-state index is 0.240. The zero-order chi connectivity index (χ0) is 18.8. The van der Waals surface area contributed by atoms with Crippen molar-refractivity contribution < 1.29 is 9.18 Å². The van der Waals surface area contributed by atoms with E-state index in [9.17, 15) is 9.18 Å². The van der Waals surface area contributed by atoms with E-state index in [2.05, 4.69) is 16.4 Å². The van der Waals surface area contributed by atoms with Crippen molar-refractivity contribution in [2.24, 2.45) is 0 Å². The molecule has 0 saturated heterocycles. The number of rotatable bonds is 2. The molecule has 1 atom stereocenters. The van der Waals surface area contributed by atoms with Crippen molar-refractivity contribution in [3.8, 4) is 0 Å². The highest BCUT2D eigenvalue weighted by molar-refractivity contribution is 6.29. The number of nitrogens with one attached hydrogen (secondary N) is 1. The van der Waals surface area contributed by atoms with Crippen LogP contribution >= 0.6 is 11.6 Å². The van der Waals surface area contributed by atoms with Crippen molar-refractivity contribution in [1.29, 1.82) is 0 Å². The molecule has 0 bridgehead atoms. The van der Waals surface area contributed by atoms with Crippen LogP contribution < -0.4 is 5.32 Å². The first kappa shape index (κ1) is 17.5. The summed E-state index contributed by atoms with van der Waals surface area (Å²) < 4.78 is 13.1. The van der Waals surface area contributed by atoms with E-state index >= 15 is 0 Å². The van der Waals surface area contributed by atoms with Crippen molar-refractivity contribution in [2.45, 2.75) is 12.5 Å². The quantitative estimate of drug-likeness (QED) is 0.631. The van der Waals surface area contributed by atoms with Gasteiger partial charge >= 0.3 is 6.03 Å². The molecule has 4 nitrogen and oxygen atoms in total. The summed E-state index contributed by atoms with van der Waals surface area (Å²) >= 11 is 5.94. The van der Waals surface area contributed by atoms with Crippen LogP contribution in [0.4, 0.5) is 14.9 Å². The van der Waals surface area contributed by atoms with Gasteiger partial charge in [0.2, 0.25) is 0 Å². The molecule has 2 heterocycles. The third-order valence-corrected chi connectivity index (χ3v) is 4.93. The molecule has 4 rings (SSSR count). The Labute approximate surface area is 161 Å². The summed E-state index contributed by atoms with van der Waals surface area (Å²) in [5.74, 6) is -0.343. The minimum atomic E-state index is -0.343. The number of carbonyl (C=O) groups excluding carboxylic acids is 1. The summed E-state index contributed by atoms with van der Waals surface area (Å²) in [6, 6.07) is 16.9. The lowest BCUT2D eigenvalue weighted by atomic mass is 9.89. The van der Waals surface area contributed by atoms with Gasteiger partial charge in [-0.15, -0.1) is 0 Å². The molecular formula is C21H17ClFN3O. The number of halogens is 2. The molecule has 1 unspecified atom stereocenters. The molecule has 27 heavy (non-hydrogen) atoms. The molecule has 1 aliphatic heterocycles. The first-order chi connectivity index (χ1) is 13.1. The van der Waals surface area contributed by atoms with Gasteiger partial charge in [-0.3, -0.25) is 0 Å². The number of amides is 2. The summed E-state index contributed by atoms with van der Waals surface area (Å²) in [7, 11) is 0. The number of aromatic nitrogens is 1. The van der Waals surface area contributed by atoms with E-state index in [0.29, 0.717) is 17.4 Å². The Morgan fingerprint density at radius 1 is 1.11 bits per heavy atom. The molecular weight excluding hydrogens is 365 g/mol. The van der Waals surface area contributed by atoms with Crippen LogP contribution in [0, 0.1) is 5.82 Å². The number of urea groups is 1. The fourth-order valence-corrected chi connectivity index (χ4v) is 3.53. The lowest BCUT2D eigenvalue weighted by molar-refractivity contribution is 0.194. The maximum atomic E-state index is 13.1. The zero-order valence-corrected chi connectivity index (χ0v) is 15.2. The molecule has 0 radical (unpaired) electrons. The van der Waals surface area contributed by atoms with Crippen LogP contribution in [0.5, 0.6) is 0 Å². The van der Waals surface area contributed by atoms with Crippen LogP contribution in [0.15, 0.2) is 66.9 Å². The van der Waals surface area contributed by atoms with Gasteiger partial charge in [0.05, 0.1) is 6.04 Å². The van der Waals surface area contributed by atoms with Gasteiger partial charge in [0.15, 0.2) is 0 Å². The molecule has 1 N–H and O–H groups in total. The highest BCUT2D eigenvalue weighted by Crippen LogP contribution is 2.35. The Morgan fingerprint density at radius 3 is 2.63 bits per heavy atom. The predicted octanol–water partition coefficient (Wildman–Crippen LogP) is 5.05. The van der Waals surface area contributed by atoms with Gasteiger partial charge < -0.3 is 10.2 Å². The average molecular weight is 382 g/mol. The Morgan fingerprint density at radius 2 is 1.89 bits per heavy atom. The first-order valence-electron chi connectivity index (χ1n) is 8.64. The van der Waals surface area contributed by atoms with E-state index < -0.39 is 0 Å². The second-order valence-corrected chi connectivity index (χ2v) is 6.78. The van der Waals surface area contributed by atoms with Gasteiger partial charge in [-0.25, -0.2) is 14.2 Å². The number of fused-ring (bicyclic) bond motifs is 1. The monoisotopic (exact) mass is 381 g/mol. The Bertz CT molecular complexity index is 960. The van der Waals surface area contributed by atoms with Crippen molar-refractivity contribution in [1.82, 2.24) is 9.88 Å². The third kappa shape index (κ3) is 3.64.